The van der Waals surface area contributed by atoms with Gasteiger partial charge in [0.25, 0.3) is 5.91 Å². The number of hydrogen-bond acceptors (Lipinski definition) is 4. The molecule has 1 atom stereocenters. The van der Waals surface area contributed by atoms with Gasteiger partial charge in [-0.05, 0) is 53.3 Å². The van der Waals surface area contributed by atoms with Gasteiger partial charge in [0.15, 0.2) is 0 Å². The molecule has 1 saturated heterocycles. The van der Waals surface area contributed by atoms with Crippen LogP contribution in [-0.4, -0.2) is 29.4 Å². The summed E-state index contributed by atoms with van der Waals surface area (Å²) in [5, 5.41) is 5.95. The van der Waals surface area contributed by atoms with Crippen LogP contribution >= 0.6 is 23.5 Å². The molecule has 3 aromatic rings. The lowest BCUT2D eigenvalue weighted by Crippen LogP contribution is -2.45. The summed E-state index contributed by atoms with van der Waals surface area (Å²) in [5.74, 6) is 1.85. The maximum absolute atomic E-state index is 13.2. The molecule has 6 heteroatoms. The minimum Gasteiger partial charge on any atom is -0.340 e. The predicted octanol–water partition coefficient (Wildman–Crippen LogP) is 5.54. The molecule has 0 bridgehead atoms. The van der Waals surface area contributed by atoms with Crippen molar-refractivity contribution in [3.63, 3.8) is 0 Å². The third-order valence-corrected chi connectivity index (χ3v) is 8.21. The molecule has 0 radical (unpaired) electrons. The highest BCUT2D eigenvalue weighted by atomic mass is 32.2. The van der Waals surface area contributed by atoms with E-state index in [2.05, 4.69) is 16.7 Å². The van der Waals surface area contributed by atoms with E-state index in [1.54, 1.807) is 12.1 Å². The van der Waals surface area contributed by atoms with Crippen molar-refractivity contribution in [2.75, 3.05) is 16.8 Å². The van der Waals surface area contributed by atoms with Gasteiger partial charge in [-0.3, -0.25) is 9.59 Å². The Morgan fingerprint density at radius 2 is 1.56 bits per heavy atom. The van der Waals surface area contributed by atoms with Crippen molar-refractivity contribution in [3.8, 4) is 0 Å². The lowest BCUT2D eigenvalue weighted by Gasteiger charge is -2.22. The molecule has 3 aromatic carbocycles. The maximum Gasteiger partial charge on any atom is 0.251 e. The van der Waals surface area contributed by atoms with Crippen molar-refractivity contribution in [1.29, 1.82) is 0 Å². The van der Waals surface area contributed by atoms with Crippen LogP contribution in [0.2, 0.25) is 0 Å². The number of anilines is 1. The zero-order valence-electron chi connectivity index (χ0n) is 17.7. The minimum atomic E-state index is -0.688. The largest absolute Gasteiger partial charge is 0.340 e. The summed E-state index contributed by atoms with van der Waals surface area (Å²) in [6, 6.07) is 26.1. The number of rotatable bonds is 7. The van der Waals surface area contributed by atoms with Crippen LogP contribution in [0.15, 0.2) is 84.9 Å². The first-order valence-corrected chi connectivity index (χ1v) is 12.8. The van der Waals surface area contributed by atoms with E-state index in [1.807, 2.05) is 90.3 Å². The quantitative estimate of drug-likeness (QED) is 0.484. The van der Waals surface area contributed by atoms with Gasteiger partial charge in [-0.15, -0.1) is 23.5 Å². The molecular formula is C26H26N2O2S2. The maximum atomic E-state index is 13.2. The zero-order chi connectivity index (χ0) is 22.2. The van der Waals surface area contributed by atoms with Crippen molar-refractivity contribution < 1.29 is 9.59 Å². The molecule has 1 aliphatic rings. The van der Waals surface area contributed by atoms with Crippen LogP contribution in [0.4, 0.5) is 5.69 Å². The smallest absolute Gasteiger partial charge is 0.251 e. The Morgan fingerprint density at radius 3 is 2.28 bits per heavy atom. The van der Waals surface area contributed by atoms with E-state index in [1.165, 1.54) is 23.5 Å². The molecule has 0 aromatic heterocycles. The fraction of sp³-hybridized carbons (Fsp3) is 0.231. The van der Waals surface area contributed by atoms with Crippen LogP contribution in [0.1, 0.15) is 32.5 Å². The summed E-state index contributed by atoms with van der Waals surface area (Å²) in [6.07, 6.45) is 1.66. The van der Waals surface area contributed by atoms with Gasteiger partial charge in [0.1, 0.15) is 6.04 Å². The molecule has 164 valence electrons. The fourth-order valence-electron chi connectivity index (χ4n) is 3.56. The van der Waals surface area contributed by atoms with Crippen molar-refractivity contribution in [2.24, 2.45) is 0 Å². The van der Waals surface area contributed by atoms with E-state index in [0.717, 1.165) is 11.3 Å². The van der Waals surface area contributed by atoms with Crippen LogP contribution in [0.5, 0.6) is 0 Å². The molecule has 0 aliphatic carbocycles. The van der Waals surface area contributed by atoms with Crippen LogP contribution in [0.3, 0.4) is 0 Å². The van der Waals surface area contributed by atoms with Crippen LogP contribution in [-0.2, 0) is 11.2 Å². The Hall–Kier alpha value is -2.70. The number of carbonyl (C=O) groups excluding carboxylic acids is 2. The molecule has 2 amide bonds. The standard InChI is InChI=1S/C26H26N2O2S2/c29-24(20-11-5-2-6-12-20)28-23(17-19-9-3-1-4-10-19)25(30)27-22-14-7-13-21(18-22)26-31-15-8-16-32-26/h1-7,9-14,18,23,26H,8,15-17H2,(H,27,30)(H,28,29). The summed E-state index contributed by atoms with van der Waals surface area (Å²) < 4.78 is 0.401. The molecule has 1 heterocycles. The Bertz CT molecular complexity index is 1040. The van der Waals surface area contributed by atoms with Crippen LogP contribution < -0.4 is 10.6 Å². The monoisotopic (exact) mass is 462 g/mol. The van der Waals surface area contributed by atoms with Crippen LogP contribution in [0.25, 0.3) is 0 Å². The van der Waals surface area contributed by atoms with Crippen molar-refractivity contribution >= 4 is 41.0 Å². The molecule has 32 heavy (non-hydrogen) atoms. The summed E-state index contributed by atoms with van der Waals surface area (Å²) >= 11 is 3.90. The zero-order valence-corrected chi connectivity index (χ0v) is 19.3. The highest BCUT2D eigenvalue weighted by molar-refractivity contribution is 8.16. The summed E-state index contributed by atoms with van der Waals surface area (Å²) in [6.45, 7) is 0. The second-order valence-electron chi connectivity index (χ2n) is 7.62. The minimum absolute atomic E-state index is 0.223. The van der Waals surface area contributed by atoms with Gasteiger partial charge >= 0.3 is 0 Å². The molecule has 4 nitrogen and oxygen atoms in total. The van der Waals surface area contributed by atoms with Crippen molar-refractivity contribution in [1.82, 2.24) is 5.32 Å². The molecular weight excluding hydrogens is 436 g/mol. The molecule has 0 spiro atoms. The Kier molecular flexibility index (Phi) is 7.91. The van der Waals surface area contributed by atoms with Gasteiger partial charge < -0.3 is 10.6 Å². The van der Waals surface area contributed by atoms with Gasteiger partial charge in [-0.1, -0.05) is 60.7 Å². The first-order valence-electron chi connectivity index (χ1n) is 10.7. The molecule has 1 aliphatic heterocycles. The third kappa shape index (κ3) is 6.17. The van der Waals surface area contributed by atoms with Gasteiger partial charge in [-0.25, -0.2) is 0 Å². The SMILES string of the molecule is O=C(NC(Cc1ccccc1)C(=O)Nc1cccc(C2SCCCS2)c1)c1ccccc1. The lowest BCUT2D eigenvalue weighted by atomic mass is 10.0. The predicted molar refractivity (Wildman–Crippen MR) is 135 cm³/mol. The van der Waals surface area contributed by atoms with Gasteiger partial charge in [-0.2, -0.15) is 0 Å². The number of carbonyl (C=O) groups is 2. The average molecular weight is 463 g/mol. The van der Waals surface area contributed by atoms with Gasteiger partial charge in [0.05, 0.1) is 4.58 Å². The van der Waals surface area contributed by atoms with Gasteiger partial charge in [0.2, 0.25) is 5.91 Å². The summed E-state index contributed by atoms with van der Waals surface area (Å²) in [4.78, 5) is 26.0. The van der Waals surface area contributed by atoms with E-state index in [0.29, 0.717) is 16.6 Å². The number of amides is 2. The number of thioether (sulfide) groups is 2. The normalized spacial score (nSPS) is 15.0. The first kappa shape index (κ1) is 22.5. The highest BCUT2D eigenvalue weighted by Gasteiger charge is 2.23. The number of benzene rings is 3. The Labute approximate surface area is 197 Å². The number of hydrogen-bond donors (Lipinski definition) is 2. The summed E-state index contributed by atoms with van der Waals surface area (Å²) in [5.41, 5.74) is 3.49. The Balaban J connectivity index is 1.50. The van der Waals surface area contributed by atoms with E-state index in [-0.39, 0.29) is 11.8 Å². The first-order chi connectivity index (χ1) is 15.7. The average Bonchev–Trinajstić information content (AvgIpc) is 2.85. The Morgan fingerprint density at radius 1 is 0.875 bits per heavy atom. The van der Waals surface area contributed by atoms with E-state index in [9.17, 15) is 9.59 Å². The fourth-order valence-corrected chi connectivity index (χ4v) is 6.44. The second-order valence-corrected chi connectivity index (χ2v) is 10.3. The molecule has 1 fully saturated rings. The summed E-state index contributed by atoms with van der Waals surface area (Å²) in [7, 11) is 0. The van der Waals surface area contributed by atoms with E-state index < -0.39 is 6.04 Å². The second kappa shape index (κ2) is 11.2. The molecule has 2 N–H and O–H groups in total. The van der Waals surface area contributed by atoms with E-state index >= 15 is 0 Å². The lowest BCUT2D eigenvalue weighted by molar-refractivity contribution is -0.118. The van der Waals surface area contributed by atoms with Crippen molar-refractivity contribution in [2.45, 2.75) is 23.5 Å². The third-order valence-electron chi connectivity index (χ3n) is 5.19. The molecule has 0 saturated carbocycles. The topological polar surface area (TPSA) is 58.2 Å². The molecule has 1 unspecified atom stereocenters. The van der Waals surface area contributed by atoms with Crippen LogP contribution in [0, 0.1) is 0 Å². The van der Waals surface area contributed by atoms with Gasteiger partial charge in [0, 0.05) is 17.7 Å². The van der Waals surface area contributed by atoms with Crippen molar-refractivity contribution in [3.05, 3.63) is 102 Å². The molecule has 4 rings (SSSR count). The van der Waals surface area contributed by atoms with E-state index in [4.69, 9.17) is 0 Å². The highest BCUT2D eigenvalue weighted by Crippen LogP contribution is 2.44. The number of nitrogens with one attached hydrogen (secondary N) is 2.